The third kappa shape index (κ3) is 6.98. The van der Waals surface area contributed by atoms with E-state index >= 15 is 0 Å². The molecule has 0 spiro atoms. The van der Waals surface area contributed by atoms with Gasteiger partial charge >= 0.3 is 0 Å². The lowest BCUT2D eigenvalue weighted by Crippen LogP contribution is -2.43. The summed E-state index contributed by atoms with van der Waals surface area (Å²) in [6, 6.07) is 16.2. The third-order valence-electron chi connectivity index (χ3n) is 4.59. The maximum Gasteiger partial charge on any atom is 0.191 e. The summed E-state index contributed by atoms with van der Waals surface area (Å²) >= 11 is 0. The number of methoxy groups -OCH3 is 1. The monoisotopic (exact) mass is 399 g/mol. The number of hydrogen-bond acceptors (Lipinski definition) is 4. The number of benzene rings is 2. The van der Waals surface area contributed by atoms with E-state index in [9.17, 15) is 0 Å². The van der Waals surface area contributed by atoms with Crippen LogP contribution in [-0.4, -0.2) is 44.5 Å². The molecule has 3 N–H and O–H groups in total. The molecule has 2 aromatic rings. The second-order valence-electron chi connectivity index (χ2n) is 7.36. The van der Waals surface area contributed by atoms with Gasteiger partial charge in [0.15, 0.2) is 17.5 Å². The fourth-order valence-corrected chi connectivity index (χ4v) is 2.89. The van der Waals surface area contributed by atoms with Gasteiger partial charge < -0.3 is 25.2 Å². The molecule has 0 saturated heterocycles. The fourth-order valence-electron chi connectivity index (χ4n) is 2.89. The van der Waals surface area contributed by atoms with Crippen molar-refractivity contribution in [3.63, 3.8) is 0 Å². The van der Waals surface area contributed by atoms with Crippen LogP contribution >= 0.6 is 0 Å². The summed E-state index contributed by atoms with van der Waals surface area (Å²) in [5.41, 5.74) is 2.27. The average molecular weight is 400 g/mol. The molecule has 0 radical (unpaired) electrons. The van der Waals surface area contributed by atoms with Crippen LogP contribution in [0, 0.1) is 0 Å². The van der Waals surface area contributed by atoms with Crippen molar-refractivity contribution in [2.75, 3.05) is 33.4 Å². The second kappa shape index (κ2) is 11.3. The highest BCUT2D eigenvalue weighted by molar-refractivity contribution is 5.79. The highest BCUT2D eigenvalue weighted by Gasteiger charge is 2.20. The van der Waals surface area contributed by atoms with Gasteiger partial charge in [-0.25, -0.2) is 4.99 Å². The normalized spacial score (nSPS) is 11.8. The SMILES string of the molecule is CCNC(=NCc1ccc(OCCO)c(OC)c1)NCC(C)(C)c1ccccc1. The van der Waals surface area contributed by atoms with Crippen molar-refractivity contribution in [1.82, 2.24) is 10.6 Å². The first-order valence-corrected chi connectivity index (χ1v) is 9.98. The van der Waals surface area contributed by atoms with Crippen LogP contribution in [-0.2, 0) is 12.0 Å². The molecule has 0 fully saturated rings. The molecule has 6 nitrogen and oxygen atoms in total. The van der Waals surface area contributed by atoms with Gasteiger partial charge in [0.1, 0.15) is 6.61 Å². The Morgan fingerprint density at radius 2 is 1.83 bits per heavy atom. The molecule has 29 heavy (non-hydrogen) atoms. The van der Waals surface area contributed by atoms with E-state index in [4.69, 9.17) is 19.6 Å². The lowest BCUT2D eigenvalue weighted by molar-refractivity contribution is 0.196. The van der Waals surface area contributed by atoms with Crippen LogP contribution < -0.4 is 20.1 Å². The average Bonchev–Trinajstić information content (AvgIpc) is 2.75. The number of ether oxygens (including phenoxy) is 2. The molecule has 158 valence electrons. The Morgan fingerprint density at radius 3 is 2.48 bits per heavy atom. The van der Waals surface area contributed by atoms with Crippen molar-refractivity contribution >= 4 is 5.96 Å². The van der Waals surface area contributed by atoms with Gasteiger partial charge in [0, 0.05) is 18.5 Å². The van der Waals surface area contributed by atoms with E-state index < -0.39 is 0 Å². The van der Waals surface area contributed by atoms with Gasteiger partial charge in [-0.3, -0.25) is 0 Å². The van der Waals surface area contributed by atoms with E-state index in [-0.39, 0.29) is 18.6 Å². The Bertz CT molecular complexity index is 776. The molecule has 0 unspecified atom stereocenters. The predicted molar refractivity (Wildman–Crippen MR) is 118 cm³/mol. The van der Waals surface area contributed by atoms with Crippen LogP contribution in [0.15, 0.2) is 53.5 Å². The van der Waals surface area contributed by atoms with E-state index in [1.54, 1.807) is 7.11 Å². The van der Waals surface area contributed by atoms with E-state index in [0.717, 1.165) is 24.6 Å². The Morgan fingerprint density at radius 1 is 1.07 bits per heavy atom. The van der Waals surface area contributed by atoms with Crippen LogP contribution in [0.25, 0.3) is 0 Å². The quantitative estimate of drug-likeness (QED) is 0.423. The van der Waals surface area contributed by atoms with E-state index in [1.807, 2.05) is 24.3 Å². The summed E-state index contributed by atoms with van der Waals surface area (Å²) in [5, 5.41) is 15.7. The molecule has 0 aromatic heterocycles. The number of aliphatic hydroxyl groups excluding tert-OH is 1. The zero-order valence-electron chi connectivity index (χ0n) is 17.9. The molecular formula is C23H33N3O3. The molecule has 2 aromatic carbocycles. The number of nitrogens with zero attached hydrogens (tertiary/aromatic N) is 1. The minimum absolute atomic E-state index is 0.0215. The van der Waals surface area contributed by atoms with Crippen LogP contribution in [0.3, 0.4) is 0 Å². The van der Waals surface area contributed by atoms with Crippen molar-refractivity contribution in [3.05, 3.63) is 59.7 Å². The van der Waals surface area contributed by atoms with Crippen molar-refractivity contribution in [3.8, 4) is 11.5 Å². The molecule has 0 aliphatic carbocycles. The molecule has 6 heteroatoms. The standard InChI is InChI=1S/C23H33N3O3/c1-5-24-22(26-17-23(2,3)19-9-7-6-8-10-19)25-16-18-11-12-20(29-14-13-27)21(15-18)28-4/h6-12,15,27H,5,13-14,16-17H2,1-4H3,(H2,24,25,26). The first-order chi connectivity index (χ1) is 14.0. The molecule has 0 aliphatic rings. The first-order valence-electron chi connectivity index (χ1n) is 9.98. The number of hydrogen-bond donors (Lipinski definition) is 3. The molecule has 0 bridgehead atoms. The summed E-state index contributed by atoms with van der Waals surface area (Å²) in [6.45, 7) is 8.75. The zero-order valence-corrected chi connectivity index (χ0v) is 17.9. The summed E-state index contributed by atoms with van der Waals surface area (Å²) in [4.78, 5) is 4.71. The molecule has 2 rings (SSSR count). The second-order valence-corrected chi connectivity index (χ2v) is 7.36. The molecule has 0 amide bonds. The molecule has 0 heterocycles. The number of rotatable bonds is 10. The van der Waals surface area contributed by atoms with Gasteiger partial charge in [0.05, 0.1) is 20.3 Å². The summed E-state index contributed by atoms with van der Waals surface area (Å²) < 4.78 is 10.9. The van der Waals surface area contributed by atoms with Crippen LogP contribution in [0.4, 0.5) is 0 Å². The fraction of sp³-hybridized carbons (Fsp3) is 0.435. The topological polar surface area (TPSA) is 75.1 Å². The van der Waals surface area contributed by atoms with Crippen molar-refractivity contribution in [1.29, 1.82) is 0 Å². The van der Waals surface area contributed by atoms with Crippen molar-refractivity contribution < 1.29 is 14.6 Å². The largest absolute Gasteiger partial charge is 0.493 e. The van der Waals surface area contributed by atoms with E-state index in [0.29, 0.717) is 18.0 Å². The molecule has 0 atom stereocenters. The van der Waals surface area contributed by atoms with Crippen LogP contribution in [0.1, 0.15) is 31.9 Å². The van der Waals surface area contributed by atoms with Crippen molar-refractivity contribution in [2.24, 2.45) is 4.99 Å². The number of aliphatic hydroxyl groups is 1. The highest BCUT2D eigenvalue weighted by atomic mass is 16.5. The van der Waals surface area contributed by atoms with Gasteiger partial charge in [-0.05, 0) is 30.2 Å². The molecule has 0 aliphatic heterocycles. The Kier molecular flexibility index (Phi) is 8.80. The Labute approximate surface area is 174 Å². The van der Waals surface area contributed by atoms with Gasteiger partial charge in [0.2, 0.25) is 0 Å². The third-order valence-corrected chi connectivity index (χ3v) is 4.59. The summed E-state index contributed by atoms with van der Waals surface area (Å²) in [6.07, 6.45) is 0. The highest BCUT2D eigenvalue weighted by Crippen LogP contribution is 2.28. The summed E-state index contributed by atoms with van der Waals surface area (Å²) in [5.74, 6) is 2.02. The van der Waals surface area contributed by atoms with E-state index in [1.165, 1.54) is 5.56 Å². The first kappa shape index (κ1) is 22.6. The number of nitrogens with one attached hydrogen (secondary N) is 2. The smallest absolute Gasteiger partial charge is 0.191 e. The molecule has 0 saturated carbocycles. The van der Waals surface area contributed by atoms with Gasteiger partial charge in [-0.15, -0.1) is 0 Å². The van der Waals surface area contributed by atoms with Crippen molar-refractivity contribution in [2.45, 2.75) is 32.7 Å². The predicted octanol–water partition coefficient (Wildman–Crippen LogP) is 3.10. The van der Waals surface area contributed by atoms with Gasteiger partial charge in [-0.2, -0.15) is 0 Å². The molecular weight excluding hydrogens is 366 g/mol. The van der Waals surface area contributed by atoms with E-state index in [2.05, 4.69) is 55.7 Å². The lowest BCUT2D eigenvalue weighted by Gasteiger charge is -2.26. The minimum Gasteiger partial charge on any atom is -0.493 e. The lowest BCUT2D eigenvalue weighted by atomic mass is 9.85. The number of aliphatic imine (C=N–C) groups is 1. The van der Waals surface area contributed by atoms with Gasteiger partial charge in [0.25, 0.3) is 0 Å². The maximum atomic E-state index is 8.92. The number of guanidine groups is 1. The Hall–Kier alpha value is -2.73. The van der Waals surface area contributed by atoms with Crippen LogP contribution in [0.5, 0.6) is 11.5 Å². The minimum atomic E-state index is -0.0355. The van der Waals surface area contributed by atoms with Crippen LogP contribution in [0.2, 0.25) is 0 Å². The summed E-state index contributed by atoms with van der Waals surface area (Å²) in [7, 11) is 1.60. The van der Waals surface area contributed by atoms with Gasteiger partial charge in [-0.1, -0.05) is 50.2 Å². The maximum absolute atomic E-state index is 8.92. The Balaban J connectivity index is 2.05. The zero-order chi connectivity index (χ0) is 21.1.